The second-order valence-corrected chi connectivity index (χ2v) is 10.4. The number of hydrogen-bond acceptors (Lipinski definition) is 4. The summed E-state index contributed by atoms with van der Waals surface area (Å²) in [7, 11) is 4.21. The highest BCUT2D eigenvalue weighted by Crippen LogP contribution is 2.26. The molecule has 5 nitrogen and oxygen atoms in total. The van der Waals surface area contributed by atoms with Crippen LogP contribution in [0.5, 0.6) is 0 Å². The molecule has 0 unspecified atom stereocenters. The van der Waals surface area contributed by atoms with Crippen LogP contribution in [0.1, 0.15) is 27.8 Å². The molecule has 2 aromatic heterocycles. The van der Waals surface area contributed by atoms with E-state index in [0.717, 1.165) is 30.8 Å². The molecule has 5 aromatic rings. The molecule has 37 heavy (non-hydrogen) atoms. The van der Waals surface area contributed by atoms with Crippen molar-refractivity contribution in [2.24, 2.45) is 0 Å². The predicted molar refractivity (Wildman–Crippen MR) is 153 cm³/mol. The molecule has 0 saturated heterocycles. The average Bonchev–Trinajstić information content (AvgIpc) is 3.24. The highest BCUT2D eigenvalue weighted by Gasteiger charge is 2.14. The van der Waals surface area contributed by atoms with Gasteiger partial charge in [0.05, 0.1) is 17.2 Å². The second-order valence-electron chi connectivity index (χ2n) is 10.4. The average molecular weight is 494 g/mol. The summed E-state index contributed by atoms with van der Waals surface area (Å²) in [5.41, 5.74) is 8.62. The minimum absolute atomic E-state index is 0.0634. The summed E-state index contributed by atoms with van der Waals surface area (Å²) in [6, 6.07) is 21.1. The van der Waals surface area contributed by atoms with Gasteiger partial charge in [-0.2, -0.15) is 0 Å². The van der Waals surface area contributed by atoms with Crippen LogP contribution in [0.2, 0.25) is 0 Å². The number of aromatic nitrogens is 1. The molecule has 0 atom stereocenters. The Morgan fingerprint density at radius 2 is 1.49 bits per heavy atom. The van der Waals surface area contributed by atoms with Crippen molar-refractivity contribution >= 4 is 21.9 Å². The quantitative estimate of drug-likeness (QED) is 0.257. The number of aryl methyl sites for hydroxylation is 3. The topological polar surface area (TPSA) is 41.6 Å². The molecule has 0 N–H and O–H groups in total. The Morgan fingerprint density at radius 1 is 0.784 bits per heavy atom. The molecule has 0 spiro atoms. The van der Waals surface area contributed by atoms with Crippen molar-refractivity contribution in [3.63, 3.8) is 0 Å². The summed E-state index contributed by atoms with van der Waals surface area (Å²) < 4.78 is 8.10. The zero-order valence-electron chi connectivity index (χ0n) is 22.4. The smallest absolute Gasteiger partial charge is 0.197 e. The van der Waals surface area contributed by atoms with Crippen molar-refractivity contribution in [2.75, 3.05) is 27.2 Å². The Morgan fingerprint density at radius 3 is 2.24 bits per heavy atom. The van der Waals surface area contributed by atoms with Gasteiger partial charge in [-0.1, -0.05) is 30.3 Å². The summed E-state index contributed by atoms with van der Waals surface area (Å²) >= 11 is 0. The third kappa shape index (κ3) is 5.24. The van der Waals surface area contributed by atoms with Crippen LogP contribution in [0.4, 0.5) is 0 Å². The maximum atomic E-state index is 13.1. The van der Waals surface area contributed by atoms with E-state index in [9.17, 15) is 4.79 Å². The van der Waals surface area contributed by atoms with Crippen LogP contribution in [-0.2, 0) is 13.1 Å². The van der Waals surface area contributed by atoms with E-state index in [1.165, 1.54) is 27.7 Å². The van der Waals surface area contributed by atoms with Gasteiger partial charge in [0.1, 0.15) is 5.58 Å². The van der Waals surface area contributed by atoms with Crippen molar-refractivity contribution in [2.45, 2.75) is 33.9 Å². The molecule has 190 valence electrons. The lowest BCUT2D eigenvalue weighted by Gasteiger charge is -2.21. The Bertz CT molecular complexity index is 1630. The van der Waals surface area contributed by atoms with Gasteiger partial charge in [-0.3, -0.25) is 4.79 Å². The third-order valence-corrected chi connectivity index (χ3v) is 7.28. The van der Waals surface area contributed by atoms with E-state index in [1.54, 1.807) is 6.26 Å². The molecule has 0 aliphatic heterocycles. The SMILES string of the molecule is Cc1cccc(-n2cc(CN(C)CCN(C)Cc3coc4cc(C)c(C)cc4c3=O)c3ccccc32)c1. The first-order valence-corrected chi connectivity index (χ1v) is 12.8. The molecule has 0 aliphatic rings. The molecular weight excluding hydrogens is 458 g/mol. The molecule has 0 fully saturated rings. The van der Waals surface area contributed by atoms with Crippen molar-refractivity contribution in [3.8, 4) is 5.69 Å². The zero-order valence-corrected chi connectivity index (χ0v) is 22.4. The van der Waals surface area contributed by atoms with E-state index < -0.39 is 0 Å². The number of nitrogens with zero attached hydrogens (tertiary/aromatic N) is 3. The summed E-state index contributed by atoms with van der Waals surface area (Å²) in [6.45, 7) is 9.34. The van der Waals surface area contributed by atoms with Crippen LogP contribution in [0.15, 0.2) is 82.3 Å². The second kappa shape index (κ2) is 10.4. The predicted octanol–water partition coefficient (Wildman–Crippen LogP) is 6.23. The molecule has 0 saturated carbocycles. The first kappa shape index (κ1) is 25.0. The monoisotopic (exact) mass is 493 g/mol. The molecule has 5 rings (SSSR count). The maximum absolute atomic E-state index is 13.1. The number of rotatable bonds is 8. The van der Waals surface area contributed by atoms with Crippen molar-refractivity contribution in [1.82, 2.24) is 14.4 Å². The van der Waals surface area contributed by atoms with E-state index in [2.05, 4.69) is 90.1 Å². The summed E-state index contributed by atoms with van der Waals surface area (Å²) in [5.74, 6) is 0. The lowest BCUT2D eigenvalue weighted by Crippen LogP contribution is -2.31. The summed E-state index contributed by atoms with van der Waals surface area (Å²) in [6.07, 6.45) is 3.89. The highest BCUT2D eigenvalue weighted by molar-refractivity contribution is 5.85. The van der Waals surface area contributed by atoms with Crippen molar-refractivity contribution in [1.29, 1.82) is 0 Å². The lowest BCUT2D eigenvalue weighted by molar-refractivity contribution is 0.246. The lowest BCUT2D eigenvalue weighted by atomic mass is 10.1. The molecule has 3 aromatic carbocycles. The fraction of sp³-hybridized carbons (Fsp3) is 0.281. The fourth-order valence-electron chi connectivity index (χ4n) is 4.98. The largest absolute Gasteiger partial charge is 0.464 e. The van der Waals surface area contributed by atoms with Crippen molar-refractivity contribution in [3.05, 3.63) is 111 Å². The number of fused-ring (bicyclic) bond motifs is 2. The van der Waals surface area contributed by atoms with Gasteiger partial charge in [-0.25, -0.2) is 0 Å². The molecule has 0 aliphatic carbocycles. The molecule has 2 heterocycles. The van der Waals surface area contributed by atoms with Gasteiger partial charge in [-0.15, -0.1) is 0 Å². The molecule has 0 bridgehead atoms. The molecule has 0 amide bonds. The van der Waals surface area contributed by atoms with Gasteiger partial charge in [0.25, 0.3) is 0 Å². The first-order valence-electron chi connectivity index (χ1n) is 12.8. The Balaban J connectivity index is 1.27. The normalized spacial score (nSPS) is 11.9. The fourth-order valence-corrected chi connectivity index (χ4v) is 4.98. The van der Waals surface area contributed by atoms with Gasteiger partial charge in [0.15, 0.2) is 5.43 Å². The third-order valence-electron chi connectivity index (χ3n) is 7.28. The molecular formula is C32H35N3O2. The van der Waals surface area contributed by atoms with Gasteiger partial charge < -0.3 is 18.8 Å². The highest BCUT2D eigenvalue weighted by atomic mass is 16.3. The Labute approximate surface area is 218 Å². The van der Waals surface area contributed by atoms with Crippen LogP contribution in [0.25, 0.3) is 27.6 Å². The van der Waals surface area contributed by atoms with E-state index in [-0.39, 0.29) is 5.43 Å². The van der Waals surface area contributed by atoms with Crippen LogP contribution < -0.4 is 5.43 Å². The maximum Gasteiger partial charge on any atom is 0.197 e. The van der Waals surface area contributed by atoms with Crippen molar-refractivity contribution < 1.29 is 4.42 Å². The minimum atomic E-state index is 0.0634. The first-order chi connectivity index (χ1) is 17.8. The van der Waals surface area contributed by atoms with E-state index in [1.807, 2.05) is 26.0 Å². The van der Waals surface area contributed by atoms with E-state index in [0.29, 0.717) is 23.1 Å². The van der Waals surface area contributed by atoms with Crippen LogP contribution >= 0.6 is 0 Å². The minimum Gasteiger partial charge on any atom is -0.464 e. The number of benzene rings is 3. The zero-order chi connectivity index (χ0) is 26.1. The van der Waals surface area contributed by atoms with Crippen LogP contribution in [0.3, 0.4) is 0 Å². The summed E-state index contributed by atoms with van der Waals surface area (Å²) in [4.78, 5) is 17.6. The summed E-state index contributed by atoms with van der Waals surface area (Å²) in [5, 5.41) is 1.94. The Kier molecular flexibility index (Phi) is 7.00. The van der Waals surface area contributed by atoms with Crippen LogP contribution in [-0.4, -0.2) is 41.6 Å². The van der Waals surface area contributed by atoms with Gasteiger partial charge in [0.2, 0.25) is 0 Å². The van der Waals surface area contributed by atoms with Gasteiger partial charge >= 0.3 is 0 Å². The molecule has 0 radical (unpaired) electrons. The number of para-hydroxylation sites is 1. The van der Waals surface area contributed by atoms with Gasteiger partial charge in [0, 0.05) is 49.0 Å². The molecule has 5 heteroatoms. The standard InChI is InChI=1S/C32H35N3O2/c1-22-9-8-10-27(15-22)35-20-25(28-11-6-7-12-30(28)35)18-33(4)13-14-34(5)19-26-21-37-31-17-24(3)23(2)16-29(31)32(26)36/h6-12,15-17,20-21H,13-14,18-19H2,1-5H3. The number of likely N-dealkylation sites (N-methyl/N-ethyl adjacent to an activating group) is 2. The Hall–Kier alpha value is -3.67. The van der Waals surface area contributed by atoms with Gasteiger partial charge in [-0.05, 0) is 87.5 Å². The van der Waals surface area contributed by atoms with E-state index >= 15 is 0 Å². The number of hydrogen-bond donors (Lipinski definition) is 0. The van der Waals surface area contributed by atoms with E-state index in [4.69, 9.17) is 4.42 Å². The van der Waals surface area contributed by atoms with Crippen LogP contribution in [0, 0.1) is 20.8 Å².